The molecule has 0 atom stereocenters. The van der Waals surface area contributed by atoms with Crippen molar-refractivity contribution in [3.8, 4) is 11.3 Å². The van der Waals surface area contributed by atoms with Crippen molar-refractivity contribution in [2.75, 3.05) is 6.54 Å². The Morgan fingerprint density at radius 1 is 1.00 bits per heavy atom. The van der Waals surface area contributed by atoms with Gasteiger partial charge in [0, 0.05) is 48.2 Å². The summed E-state index contributed by atoms with van der Waals surface area (Å²) in [5.41, 5.74) is 3.91. The van der Waals surface area contributed by atoms with Crippen LogP contribution in [0.3, 0.4) is 0 Å². The molecule has 1 aliphatic rings. The maximum Gasteiger partial charge on any atom is 0.226 e. The second-order valence-corrected chi connectivity index (χ2v) is 8.92. The molecule has 0 aromatic carbocycles. The maximum absolute atomic E-state index is 12.3. The van der Waals surface area contributed by atoms with E-state index in [0.717, 1.165) is 60.7 Å². The first-order valence-electron chi connectivity index (χ1n) is 11.5. The summed E-state index contributed by atoms with van der Waals surface area (Å²) in [5, 5.41) is 3.10. The van der Waals surface area contributed by atoms with Crippen LogP contribution < -0.4 is 5.32 Å². The first kappa shape index (κ1) is 22.1. The molecular weight excluding hydrogens is 398 g/mol. The van der Waals surface area contributed by atoms with Gasteiger partial charge in [-0.1, -0.05) is 26.0 Å². The van der Waals surface area contributed by atoms with Gasteiger partial charge in [-0.3, -0.25) is 14.8 Å². The van der Waals surface area contributed by atoms with Gasteiger partial charge >= 0.3 is 0 Å². The Kier molecular flexibility index (Phi) is 7.20. The number of carbonyl (C=O) groups is 1. The first-order valence-corrected chi connectivity index (χ1v) is 11.5. The highest BCUT2D eigenvalue weighted by Crippen LogP contribution is 2.38. The lowest BCUT2D eigenvalue weighted by molar-refractivity contribution is -0.120. The van der Waals surface area contributed by atoms with Crippen molar-refractivity contribution in [2.24, 2.45) is 5.92 Å². The standard InChI is InChI=1S/C26H31N5O/c1-18(2)26-30-17-22(23-8-4-6-14-28-23)25(31-26)20-11-9-19(10-12-20)16-29-24(32)15-21-7-3-5-13-27-21/h3-8,13-14,17-20H,9-12,15-16H2,1-2H3,(H,29,32). The first-order chi connectivity index (χ1) is 15.6. The summed E-state index contributed by atoms with van der Waals surface area (Å²) in [7, 11) is 0. The van der Waals surface area contributed by atoms with Crippen LogP contribution >= 0.6 is 0 Å². The van der Waals surface area contributed by atoms with E-state index in [1.54, 1.807) is 6.20 Å². The van der Waals surface area contributed by atoms with Gasteiger partial charge in [-0.05, 0) is 55.9 Å². The second-order valence-electron chi connectivity index (χ2n) is 8.92. The van der Waals surface area contributed by atoms with Crippen LogP contribution in [-0.2, 0) is 11.2 Å². The van der Waals surface area contributed by atoms with Gasteiger partial charge in [-0.15, -0.1) is 0 Å². The summed E-state index contributed by atoms with van der Waals surface area (Å²) in [6.07, 6.45) is 10.1. The van der Waals surface area contributed by atoms with Crippen LogP contribution in [0.15, 0.2) is 55.0 Å². The molecule has 3 heterocycles. The van der Waals surface area contributed by atoms with Crippen molar-refractivity contribution >= 4 is 5.91 Å². The number of hydrogen-bond acceptors (Lipinski definition) is 5. The number of aromatic nitrogens is 4. The molecule has 3 aromatic heterocycles. The quantitative estimate of drug-likeness (QED) is 0.589. The minimum Gasteiger partial charge on any atom is -0.355 e. The summed E-state index contributed by atoms with van der Waals surface area (Å²) >= 11 is 0. The molecule has 6 heteroatoms. The van der Waals surface area contributed by atoms with Crippen LogP contribution in [0.2, 0.25) is 0 Å². The Bertz CT molecular complexity index is 1010. The summed E-state index contributed by atoms with van der Waals surface area (Å²) in [5.74, 6) is 2.12. The predicted molar refractivity (Wildman–Crippen MR) is 125 cm³/mol. The third-order valence-electron chi connectivity index (χ3n) is 6.18. The van der Waals surface area contributed by atoms with Gasteiger partial charge in [0.25, 0.3) is 0 Å². The topological polar surface area (TPSA) is 80.7 Å². The molecule has 0 unspecified atom stereocenters. The van der Waals surface area contributed by atoms with E-state index >= 15 is 0 Å². The van der Waals surface area contributed by atoms with E-state index in [9.17, 15) is 4.79 Å². The van der Waals surface area contributed by atoms with Crippen molar-refractivity contribution in [1.29, 1.82) is 0 Å². The van der Waals surface area contributed by atoms with Gasteiger partial charge in [-0.2, -0.15) is 0 Å². The van der Waals surface area contributed by atoms with Crippen molar-refractivity contribution in [3.05, 3.63) is 72.2 Å². The number of nitrogens with one attached hydrogen (secondary N) is 1. The molecule has 6 nitrogen and oxygen atoms in total. The molecule has 0 aliphatic heterocycles. The zero-order valence-corrected chi connectivity index (χ0v) is 18.9. The number of pyridine rings is 2. The summed E-state index contributed by atoms with van der Waals surface area (Å²) in [4.78, 5) is 30.6. The third kappa shape index (κ3) is 5.55. The highest BCUT2D eigenvalue weighted by Gasteiger charge is 2.27. The van der Waals surface area contributed by atoms with E-state index in [4.69, 9.17) is 4.98 Å². The number of rotatable bonds is 7. The predicted octanol–water partition coefficient (Wildman–Crippen LogP) is 4.69. The molecule has 1 fully saturated rings. The number of amides is 1. The van der Waals surface area contributed by atoms with Crippen LogP contribution in [0.1, 0.15) is 68.6 Å². The lowest BCUT2D eigenvalue weighted by atomic mass is 9.79. The molecule has 0 radical (unpaired) electrons. The molecule has 1 saturated carbocycles. The van der Waals surface area contributed by atoms with Gasteiger partial charge in [0.05, 0.1) is 17.8 Å². The monoisotopic (exact) mass is 429 g/mol. The van der Waals surface area contributed by atoms with Crippen molar-refractivity contribution < 1.29 is 4.79 Å². The fraction of sp³-hybridized carbons (Fsp3) is 0.423. The minimum absolute atomic E-state index is 0.0423. The van der Waals surface area contributed by atoms with Crippen molar-refractivity contribution in [3.63, 3.8) is 0 Å². The summed E-state index contributed by atoms with van der Waals surface area (Å²) in [6.45, 7) is 4.99. The molecule has 1 amide bonds. The third-order valence-corrected chi connectivity index (χ3v) is 6.18. The highest BCUT2D eigenvalue weighted by molar-refractivity contribution is 5.78. The fourth-order valence-corrected chi connectivity index (χ4v) is 4.35. The minimum atomic E-state index is 0.0423. The molecule has 4 rings (SSSR count). The maximum atomic E-state index is 12.3. The van der Waals surface area contributed by atoms with E-state index in [-0.39, 0.29) is 11.8 Å². The van der Waals surface area contributed by atoms with Gasteiger partial charge in [0.2, 0.25) is 5.91 Å². The van der Waals surface area contributed by atoms with Gasteiger partial charge < -0.3 is 5.32 Å². The molecule has 0 bridgehead atoms. The van der Waals surface area contributed by atoms with Crippen LogP contribution in [0.4, 0.5) is 0 Å². The highest BCUT2D eigenvalue weighted by atomic mass is 16.1. The molecule has 3 aromatic rings. The molecule has 1 N–H and O–H groups in total. The normalized spacial score (nSPS) is 18.5. The van der Waals surface area contributed by atoms with Crippen LogP contribution in [0.25, 0.3) is 11.3 Å². The Morgan fingerprint density at radius 2 is 1.75 bits per heavy atom. The van der Waals surface area contributed by atoms with Crippen molar-refractivity contribution in [2.45, 2.75) is 57.8 Å². The molecule has 0 saturated heterocycles. The van der Waals surface area contributed by atoms with Gasteiger partial charge in [0.15, 0.2) is 0 Å². The summed E-state index contributed by atoms with van der Waals surface area (Å²) < 4.78 is 0. The van der Waals surface area contributed by atoms with E-state index in [0.29, 0.717) is 18.3 Å². The lowest BCUT2D eigenvalue weighted by Crippen LogP contribution is -2.32. The van der Waals surface area contributed by atoms with Crippen LogP contribution in [0, 0.1) is 5.92 Å². The van der Waals surface area contributed by atoms with E-state index in [1.807, 2.05) is 48.8 Å². The number of hydrogen-bond donors (Lipinski definition) is 1. The molecule has 166 valence electrons. The number of carbonyl (C=O) groups excluding carboxylic acids is 1. The molecule has 0 spiro atoms. The fourth-order valence-electron chi connectivity index (χ4n) is 4.35. The Hall–Kier alpha value is -3.15. The van der Waals surface area contributed by atoms with Gasteiger partial charge in [-0.25, -0.2) is 9.97 Å². The smallest absolute Gasteiger partial charge is 0.226 e. The Morgan fingerprint density at radius 3 is 2.41 bits per heavy atom. The van der Waals surface area contributed by atoms with E-state index in [1.165, 1.54) is 0 Å². The lowest BCUT2D eigenvalue weighted by Gasteiger charge is -2.29. The molecule has 1 aliphatic carbocycles. The molecule has 32 heavy (non-hydrogen) atoms. The average molecular weight is 430 g/mol. The SMILES string of the molecule is CC(C)c1ncc(-c2ccccn2)c(C2CCC(CNC(=O)Cc3ccccn3)CC2)n1. The van der Waals surface area contributed by atoms with Crippen LogP contribution in [0.5, 0.6) is 0 Å². The number of nitrogens with zero attached hydrogens (tertiary/aromatic N) is 4. The van der Waals surface area contributed by atoms with E-state index in [2.05, 4.69) is 34.1 Å². The average Bonchev–Trinajstić information content (AvgIpc) is 2.84. The molecular formula is C26H31N5O. The van der Waals surface area contributed by atoms with E-state index < -0.39 is 0 Å². The Labute approximate surface area is 190 Å². The summed E-state index contributed by atoms with van der Waals surface area (Å²) in [6, 6.07) is 11.6. The van der Waals surface area contributed by atoms with Crippen molar-refractivity contribution in [1.82, 2.24) is 25.3 Å². The Balaban J connectivity index is 1.38. The van der Waals surface area contributed by atoms with Gasteiger partial charge in [0.1, 0.15) is 5.82 Å². The zero-order chi connectivity index (χ0) is 22.3. The zero-order valence-electron chi connectivity index (χ0n) is 18.9. The second kappa shape index (κ2) is 10.4. The largest absolute Gasteiger partial charge is 0.355 e. The van der Waals surface area contributed by atoms with Crippen LogP contribution in [-0.4, -0.2) is 32.4 Å².